The second kappa shape index (κ2) is 10.3. The number of nitrogens with zero attached hydrogens (tertiary/aromatic N) is 1. The van der Waals surface area contributed by atoms with Gasteiger partial charge in [0.25, 0.3) is 5.91 Å². The normalized spacial score (nSPS) is 16.6. The van der Waals surface area contributed by atoms with Gasteiger partial charge in [-0.2, -0.15) is 0 Å². The number of likely N-dealkylation sites (tertiary alicyclic amines) is 1. The van der Waals surface area contributed by atoms with Gasteiger partial charge in [-0.1, -0.05) is 18.2 Å². The van der Waals surface area contributed by atoms with Crippen LogP contribution in [0.2, 0.25) is 0 Å². The molecule has 152 valence electrons. The van der Waals surface area contributed by atoms with Gasteiger partial charge < -0.3 is 24.8 Å². The van der Waals surface area contributed by atoms with Gasteiger partial charge in [-0.05, 0) is 43.9 Å². The molecule has 1 saturated heterocycles. The van der Waals surface area contributed by atoms with Crippen LogP contribution in [0, 0.1) is 0 Å². The highest BCUT2D eigenvalue weighted by molar-refractivity contribution is 5.88. The van der Waals surface area contributed by atoms with Crippen molar-refractivity contribution in [3.05, 3.63) is 29.8 Å². The first-order chi connectivity index (χ1) is 13.5. The average molecular weight is 390 g/mol. The van der Waals surface area contributed by atoms with Crippen LogP contribution >= 0.6 is 0 Å². The number of methoxy groups -OCH3 is 1. The van der Waals surface area contributed by atoms with E-state index in [-0.39, 0.29) is 6.61 Å². The Bertz CT molecular complexity index is 746. The van der Waals surface area contributed by atoms with Crippen LogP contribution in [0.5, 0.6) is 11.5 Å². The van der Waals surface area contributed by atoms with Crippen LogP contribution in [-0.2, 0) is 19.1 Å². The molecule has 2 rings (SSSR count). The van der Waals surface area contributed by atoms with Gasteiger partial charge >= 0.3 is 5.97 Å². The number of allylic oxidation sites excluding steroid dienone is 1. The molecule has 0 spiro atoms. The SMILES string of the molecule is C/C=C/c1ccc(OCC(=O)OCC(=O)N2CCCC[C@H]2C(N)=O)c(OC)c1. The van der Waals surface area contributed by atoms with Gasteiger partial charge in [-0.25, -0.2) is 4.79 Å². The van der Waals surface area contributed by atoms with E-state index in [1.165, 1.54) is 12.0 Å². The molecule has 0 saturated carbocycles. The number of carbonyl (C=O) groups is 3. The summed E-state index contributed by atoms with van der Waals surface area (Å²) in [5, 5.41) is 0. The van der Waals surface area contributed by atoms with Crippen molar-refractivity contribution in [3.63, 3.8) is 0 Å². The maximum absolute atomic E-state index is 12.3. The van der Waals surface area contributed by atoms with Crippen molar-refractivity contribution in [3.8, 4) is 11.5 Å². The Morgan fingerprint density at radius 2 is 2.00 bits per heavy atom. The molecule has 28 heavy (non-hydrogen) atoms. The van der Waals surface area contributed by atoms with E-state index in [1.54, 1.807) is 12.1 Å². The molecule has 0 aromatic heterocycles. The summed E-state index contributed by atoms with van der Waals surface area (Å²) >= 11 is 0. The Kier molecular flexibility index (Phi) is 7.86. The number of primary amides is 1. The highest BCUT2D eigenvalue weighted by Gasteiger charge is 2.31. The molecule has 0 unspecified atom stereocenters. The highest BCUT2D eigenvalue weighted by Crippen LogP contribution is 2.28. The molecule has 8 heteroatoms. The summed E-state index contributed by atoms with van der Waals surface area (Å²) in [6.45, 7) is 1.51. The zero-order chi connectivity index (χ0) is 20.5. The number of esters is 1. The Hall–Kier alpha value is -3.03. The summed E-state index contributed by atoms with van der Waals surface area (Å²) in [5.41, 5.74) is 6.28. The number of hydrogen-bond donors (Lipinski definition) is 1. The molecule has 0 bridgehead atoms. The molecule has 8 nitrogen and oxygen atoms in total. The number of nitrogens with two attached hydrogens (primary N) is 1. The number of benzene rings is 1. The first-order valence-corrected chi connectivity index (χ1v) is 9.14. The Labute approximate surface area is 164 Å². The van der Waals surface area contributed by atoms with Crippen LogP contribution in [0.1, 0.15) is 31.7 Å². The molecule has 0 aliphatic carbocycles. The molecule has 1 aromatic carbocycles. The predicted molar refractivity (Wildman–Crippen MR) is 103 cm³/mol. The van der Waals surface area contributed by atoms with E-state index in [0.29, 0.717) is 24.5 Å². The second-order valence-corrected chi connectivity index (χ2v) is 6.36. The van der Waals surface area contributed by atoms with Gasteiger partial charge in [0, 0.05) is 6.54 Å². The van der Waals surface area contributed by atoms with Crippen LogP contribution in [-0.4, -0.2) is 55.6 Å². The molecule has 0 radical (unpaired) electrons. The van der Waals surface area contributed by atoms with Crippen LogP contribution in [0.15, 0.2) is 24.3 Å². The van der Waals surface area contributed by atoms with Crippen molar-refractivity contribution in [2.24, 2.45) is 5.73 Å². The van der Waals surface area contributed by atoms with Gasteiger partial charge in [0.2, 0.25) is 5.91 Å². The Morgan fingerprint density at radius 1 is 1.21 bits per heavy atom. The fourth-order valence-corrected chi connectivity index (χ4v) is 3.03. The lowest BCUT2D eigenvalue weighted by Crippen LogP contribution is -2.51. The van der Waals surface area contributed by atoms with E-state index < -0.39 is 30.4 Å². The first kappa shape index (κ1) is 21.3. The van der Waals surface area contributed by atoms with Crippen molar-refractivity contribution >= 4 is 23.9 Å². The summed E-state index contributed by atoms with van der Waals surface area (Å²) in [6.07, 6.45) is 5.96. The van der Waals surface area contributed by atoms with Crippen molar-refractivity contribution in [1.29, 1.82) is 0 Å². The molecular weight excluding hydrogens is 364 g/mol. The summed E-state index contributed by atoms with van der Waals surface area (Å²) in [6, 6.07) is 4.66. The van der Waals surface area contributed by atoms with E-state index in [1.807, 2.05) is 25.1 Å². The average Bonchev–Trinajstić information content (AvgIpc) is 2.71. The van der Waals surface area contributed by atoms with Gasteiger partial charge in [0.15, 0.2) is 24.7 Å². The molecule has 1 aliphatic rings. The third-order valence-corrected chi connectivity index (χ3v) is 4.40. The van der Waals surface area contributed by atoms with Crippen molar-refractivity contribution in [2.45, 2.75) is 32.2 Å². The van der Waals surface area contributed by atoms with Crippen molar-refractivity contribution in [2.75, 3.05) is 26.9 Å². The monoisotopic (exact) mass is 390 g/mol. The minimum absolute atomic E-state index is 0.369. The number of piperidine rings is 1. The third-order valence-electron chi connectivity index (χ3n) is 4.40. The lowest BCUT2D eigenvalue weighted by Gasteiger charge is -2.33. The van der Waals surface area contributed by atoms with Crippen molar-refractivity contribution < 1.29 is 28.6 Å². The van der Waals surface area contributed by atoms with Gasteiger partial charge in [-0.15, -0.1) is 0 Å². The molecule has 2 amide bonds. The fourth-order valence-electron chi connectivity index (χ4n) is 3.03. The lowest BCUT2D eigenvalue weighted by molar-refractivity contribution is -0.156. The maximum atomic E-state index is 12.3. The minimum Gasteiger partial charge on any atom is -0.493 e. The van der Waals surface area contributed by atoms with E-state index in [9.17, 15) is 14.4 Å². The third kappa shape index (κ3) is 5.73. The largest absolute Gasteiger partial charge is 0.493 e. The Balaban J connectivity index is 1.85. The topological polar surface area (TPSA) is 108 Å². The quantitative estimate of drug-likeness (QED) is 0.674. The number of amides is 2. The molecule has 1 atom stereocenters. The summed E-state index contributed by atoms with van der Waals surface area (Å²) in [4.78, 5) is 37.0. The number of rotatable bonds is 8. The van der Waals surface area contributed by atoms with E-state index in [0.717, 1.165) is 18.4 Å². The van der Waals surface area contributed by atoms with E-state index in [2.05, 4.69) is 0 Å². The maximum Gasteiger partial charge on any atom is 0.344 e. The zero-order valence-electron chi connectivity index (χ0n) is 16.2. The summed E-state index contributed by atoms with van der Waals surface area (Å²) in [7, 11) is 1.51. The first-order valence-electron chi connectivity index (χ1n) is 9.14. The smallest absolute Gasteiger partial charge is 0.344 e. The fraction of sp³-hybridized carbons (Fsp3) is 0.450. The zero-order valence-corrected chi connectivity index (χ0v) is 16.2. The molecule has 1 heterocycles. The summed E-state index contributed by atoms with van der Waals surface area (Å²) in [5.74, 6) is -0.803. The van der Waals surface area contributed by atoms with Crippen molar-refractivity contribution in [1.82, 2.24) is 4.90 Å². The molecule has 1 aliphatic heterocycles. The number of hydrogen-bond acceptors (Lipinski definition) is 6. The van der Waals surface area contributed by atoms with Gasteiger partial charge in [-0.3, -0.25) is 9.59 Å². The predicted octanol–water partition coefficient (Wildman–Crippen LogP) is 1.52. The summed E-state index contributed by atoms with van der Waals surface area (Å²) < 4.78 is 15.7. The highest BCUT2D eigenvalue weighted by atomic mass is 16.6. The van der Waals surface area contributed by atoms with Crippen LogP contribution in [0.4, 0.5) is 0 Å². The van der Waals surface area contributed by atoms with Crippen LogP contribution in [0.3, 0.4) is 0 Å². The molecule has 1 aromatic rings. The molecule has 2 N–H and O–H groups in total. The van der Waals surface area contributed by atoms with Crippen LogP contribution in [0.25, 0.3) is 6.08 Å². The number of carbonyl (C=O) groups excluding carboxylic acids is 3. The number of ether oxygens (including phenoxy) is 3. The van der Waals surface area contributed by atoms with Gasteiger partial charge in [0.1, 0.15) is 6.04 Å². The Morgan fingerprint density at radius 3 is 2.68 bits per heavy atom. The van der Waals surface area contributed by atoms with Gasteiger partial charge in [0.05, 0.1) is 7.11 Å². The molecule has 1 fully saturated rings. The van der Waals surface area contributed by atoms with Crippen LogP contribution < -0.4 is 15.2 Å². The molecular formula is C20H26N2O6. The van der Waals surface area contributed by atoms with E-state index >= 15 is 0 Å². The van der Waals surface area contributed by atoms with E-state index in [4.69, 9.17) is 19.9 Å². The lowest BCUT2D eigenvalue weighted by atomic mass is 10.0. The second-order valence-electron chi connectivity index (χ2n) is 6.36. The standard InChI is InChI=1S/C20H26N2O6/c1-3-6-14-8-9-16(17(11-14)26-2)27-13-19(24)28-12-18(23)22-10-5-4-7-15(22)20(21)25/h3,6,8-9,11,15H,4-5,7,10,12-13H2,1-2H3,(H2,21,25)/b6-3+/t15-/m0/s1. The minimum atomic E-state index is -0.694.